The molecule has 0 radical (unpaired) electrons. The Morgan fingerprint density at radius 2 is 1.77 bits per heavy atom. The summed E-state index contributed by atoms with van der Waals surface area (Å²) in [6.07, 6.45) is 1.74. The Balaban J connectivity index is 2.75. The number of anilines is 1. The maximum atomic E-state index is 12.1. The molecule has 0 aromatic heterocycles. The Morgan fingerprint density at radius 1 is 1.09 bits per heavy atom. The lowest BCUT2D eigenvalue weighted by Crippen LogP contribution is -2.37. The molecule has 0 unspecified atom stereocenters. The van der Waals surface area contributed by atoms with E-state index in [2.05, 4.69) is 16.0 Å². The highest BCUT2D eigenvalue weighted by molar-refractivity contribution is 6.40. The van der Waals surface area contributed by atoms with Crippen molar-refractivity contribution in [2.24, 2.45) is 0 Å². The summed E-state index contributed by atoms with van der Waals surface area (Å²) in [6, 6.07) is 6.56. The van der Waals surface area contributed by atoms with Crippen LogP contribution >= 0.6 is 0 Å². The van der Waals surface area contributed by atoms with Crippen LogP contribution in [0.25, 0.3) is 0 Å². The Kier molecular flexibility index (Phi) is 7.08. The summed E-state index contributed by atoms with van der Waals surface area (Å²) in [4.78, 5) is 35.6. The fourth-order valence-corrected chi connectivity index (χ4v) is 1.77. The molecule has 120 valence electrons. The highest BCUT2D eigenvalue weighted by Gasteiger charge is 2.17. The smallest absolute Gasteiger partial charge is 0.313 e. The zero-order valence-electron chi connectivity index (χ0n) is 13.2. The van der Waals surface area contributed by atoms with E-state index in [0.717, 1.165) is 12.8 Å². The standard InChI is InChI=1S/C16H23N3O3/c1-4-5-10-17-15(21)16(22)19-13-9-7-6-8-12(13)14(20)18-11(2)3/h6-9,11H,4-5,10H2,1-3H3,(H,17,21)(H,18,20)(H,19,22). The first kappa shape index (κ1) is 17.7. The van der Waals surface area contributed by atoms with Crippen molar-refractivity contribution in [2.75, 3.05) is 11.9 Å². The van der Waals surface area contributed by atoms with Gasteiger partial charge in [-0.2, -0.15) is 0 Å². The molecule has 3 amide bonds. The van der Waals surface area contributed by atoms with Gasteiger partial charge in [0.25, 0.3) is 5.91 Å². The Hall–Kier alpha value is -2.37. The summed E-state index contributed by atoms with van der Waals surface area (Å²) in [6.45, 7) is 6.15. The van der Waals surface area contributed by atoms with Gasteiger partial charge in [0.2, 0.25) is 0 Å². The third-order valence-electron chi connectivity index (χ3n) is 2.86. The third-order valence-corrected chi connectivity index (χ3v) is 2.86. The lowest BCUT2D eigenvalue weighted by Gasteiger charge is -2.13. The molecule has 0 heterocycles. The van der Waals surface area contributed by atoms with Gasteiger partial charge in [-0.15, -0.1) is 0 Å². The van der Waals surface area contributed by atoms with Crippen molar-refractivity contribution in [3.05, 3.63) is 29.8 Å². The molecule has 22 heavy (non-hydrogen) atoms. The van der Waals surface area contributed by atoms with Crippen LogP contribution < -0.4 is 16.0 Å². The van der Waals surface area contributed by atoms with Crippen LogP contribution in [-0.2, 0) is 9.59 Å². The number of hydrogen-bond acceptors (Lipinski definition) is 3. The third kappa shape index (κ3) is 5.55. The summed E-state index contributed by atoms with van der Waals surface area (Å²) >= 11 is 0. The van der Waals surface area contributed by atoms with Crippen LogP contribution in [-0.4, -0.2) is 30.3 Å². The Morgan fingerprint density at radius 3 is 2.41 bits per heavy atom. The van der Waals surface area contributed by atoms with Crippen molar-refractivity contribution in [1.29, 1.82) is 0 Å². The second-order valence-electron chi connectivity index (χ2n) is 5.24. The van der Waals surface area contributed by atoms with E-state index < -0.39 is 11.8 Å². The first-order valence-corrected chi connectivity index (χ1v) is 7.44. The number of nitrogens with one attached hydrogen (secondary N) is 3. The molecule has 0 spiro atoms. The molecule has 0 saturated carbocycles. The monoisotopic (exact) mass is 305 g/mol. The van der Waals surface area contributed by atoms with E-state index in [1.54, 1.807) is 24.3 Å². The van der Waals surface area contributed by atoms with Gasteiger partial charge < -0.3 is 16.0 Å². The van der Waals surface area contributed by atoms with Gasteiger partial charge in [-0.05, 0) is 32.4 Å². The molecule has 0 fully saturated rings. The van der Waals surface area contributed by atoms with Crippen LogP contribution in [0.15, 0.2) is 24.3 Å². The number of benzene rings is 1. The van der Waals surface area contributed by atoms with Crippen LogP contribution in [0.2, 0.25) is 0 Å². The molecule has 0 atom stereocenters. The summed E-state index contributed by atoms with van der Waals surface area (Å²) in [5.74, 6) is -1.77. The molecule has 6 nitrogen and oxygen atoms in total. The van der Waals surface area contributed by atoms with Gasteiger partial charge >= 0.3 is 11.8 Å². The van der Waals surface area contributed by atoms with Gasteiger partial charge in [-0.1, -0.05) is 25.5 Å². The zero-order valence-corrected chi connectivity index (χ0v) is 13.2. The van der Waals surface area contributed by atoms with Gasteiger partial charge in [0, 0.05) is 12.6 Å². The van der Waals surface area contributed by atoms with Gasteiger partial charge in [-0.25, -0.2) is 0 Å². The lowest BCUT2D eigenvalue weighted by molar-refractivity contribution is -0.136. The van der Waals surface area contributed by atoms with Gasteiger partial charge in [-0.3, -0.25) is 14.4 Å². The van der Waals surface area contributed by atoms with Crippen LogP contribution in [0.4, 0.5) is 5.69 Å². The minimum Gasteiger partial charge on any atom is -0.350 e. The zero-order chi connectivity index (χ0) is 16.5. The molecular weight excluding hydrogens is 282 g/mol. The summed E-state index contributed by atoms with van der Waals surface area (Å²) in [7, 11) is 0. The quantitative estimate of drug-likeness (QED) is 0.552. The van der Waals surface area contributed by atoms with Crippen LogP contribution in [0.1, 0.15) is 44.0 Å². The van der Waals surface area contributed by atoms with Crippen LogP contribution in [0.5, 0.6) is 0 Å². The molecule has 0 saturated heterocycles. The average molecular weight is 305 g/mol. The number of carbonyl (C=O) groups excluding carboxylic acids is 3. The molecule has 0 aliphatic carbocycles. The van der Waals surface area contributed by atoms with E-state index in [9.17, 15) is 14.4 Å². The summed E-state index contributed by atoms with van der Waals surface area (Å²) in [5.41, 5.74) is 0.641. The molecule has 0 bridgehead atoms. The molecule has 1 aromatic carbocycles. The predicted octanol–water partition coefficient (Wildman–Crippen LogP) is 1.68. The van der Waals surface area contributed by atoms with Gasteiger partial charge in [0.1, 0.15) is 0 Å². The number of amides is 3. The first-order valence-electron chi connectivity index (χ1n) is 7.44. The van der Waals surface area contributed by atoms with Crippen molar-refractivity contribution in [2.45, 2.75) is 39.7 Å². The minimum absolute atomic E-state index is 0.0198. The van der Waals surface area contributed by atoms with E-state index in [4.69, 9.17) is 0 Å². The number of unbranched alkanes of at least 4 members (excludes halogenated alkanes) is 1. The maximum absolute atomic E-state index is 12.1. The van der Waals surface area contributed by atoms with E-state index in [1.807, 2.05) is 20.8 Å². The van der Waals surface area contributed by atoms with E-state index in [0.29, 0.717) is 17.8 Å². The highest BCUT2D eigenvalue weighted by Crippen LogP contribution is 2.15. The summed E-state index contributed by atoms with van der Waals surface area (Å²) < 4.78 is 0. The van der Waals surface area contributed by atoms with Crippen molar-refractivity contribution in [3.8, 4) is 0 Å². The van der Waals surface area contributed by atoms with Crippen molar-refractivity contribution < 1.29 is 14.4 Å². The fourth-order valence-electron chi connectivity index (χ4n) is 1.77. The average Bonchev–Trinajstić information content (AvgIpc) is 2.47. The Bertz CT molecular complexity index is 541. The molecular formula is C16H23N3O3. The summed E-state index contributed by atoms with van der Waals surface area (Å²) in [5, 5.41) is 7.77. The minimum atomic E-state index is -0.777. The molecule has 1 rings (SSSR count). The van der Waals surface area contributed by atoms with E-state index >= 15 is 0 Å². The first-order chi connectivity index (χ1) is 10.5. The fraction of sp³-hybridized carbons (Fsp3) is 0.438. The topological polar surface area (TPSA) is 87.3 Å². The molecule has 3 N–H and O–H groups in total. The number of para-hydroxylation sites is 1. The number of rotatable bonds is 6. The van der Waals surface area contributed by atoms with E-state index in [1.165, 1.54) is 0 Å². The van der Waals surface area contributed by atoms with Crippen LogP contribution in [0.3, 0.4) is 0 Å². The van der Waals surface area contributed by atoms with Gasteiger partial charge in [0.15, 0.2) is 0 Å². The maximum Gasteiger partial charge on any atom is 0.313 e. The SMILES string of the molecule is CCCCNC(=O)C(=O)Nc1ccccc1C(=O)NC(C)C. The highest BCUT2D eigenvalue weighted by atomic mass is 16.2. The molecule has 0 aliphatic heterocycles. The normalized spacial score (nSPS) is 10.2. The lowest BCUT2D eigenvalue weighted by atomic mass is 10.1. The Labute approximate surface area is 130 Å². The molecule has 6 heteroatoms. The number of carbonyl (C=O) groups is 3. The van der Waals surface area contributed by atoms with Crippen molar-refractivity contribution in [3.63, 3.8) is 0 Å². The largest absolute Gasteiger partial charge is 0.350 e. The molecule has 1 aromatic rings. The van der Waals surface area contributed by atoms with E-state index in [-0.39, 0.29) is 11.9 Å². The second kappa shape index (κ2) is 8.81. The van der Waals surface area contributed by atoms with Crippen molar-refractivity contribution in [1.82, 2.24) is 10.6 Å². The second-order valence-corrected chi connectivity index (χ2v) is 5.24. The van der Waals surface area contributed by atoms with Gasteiger partial charge in [0.05, 0.1) is 11.3 Å². The number of hydrogen-bond donors (Lipinski definition) is 3. The van der Waals surface area contributed by atoms with Crippen molar-refractivity contribution >= 4 is 23.4 Å². The molecule has 0 aliphatic rings. The van der Waals surface area contributed by atoms with Crippen LogP contribution in [0, 0.1) is 0 Å². The predicted molar refractivity (Wildman–Crippen MR) is 85.6 cm³/mol.